The Hall–Kier alpha value is -3.18. The van der Waals surface area contributed by atoms with Gasteiger partial charge in [0.25, 0.3) is 11.8 Å². The molecule has 13 nitrogen and oxygen atoms in total. The number of hydrogen-bond acceptors (Lipinski definition) is 15. The van der Waals surface area contributed by atoms with E-state index in [-0.39, 0.29) is 0 Å². The highest BCUT2D eigenvalue weighted by Gasteiger charge is 2.12. The molecule has 4 heterocycles. The monoisotopic (exact) mass is 604 g/mol. The Morgan fingerprint density at radius 1 is 0.463 bits per heavy atom. The van der Waals surface area contributed by atoms with Crippen LogP contribution in [0.1, 0.15) is 0 Å². The molecule has 0 unspecified atom stereocenters. The lowest BCUT2D eigenvalue weighted by atomic mass is 10.2. The number of pyridine rings is 2. The third-order valence-electron chi connectivity index (χ3n) is 5.21. The van der Waals surface area contributed by atoms with Gasteiger partial charge in [0.15, 0.2) is 0 Å². The normalized spacial score (nSPS) is 11.1. The summed E-state index contributed by atoms with van der Waals surface area (Å²) in [6.45, 7) is 5.43. The van der Waals surface area contributed by atoms with Gasteiger partial charge in [0.1, 0.15) is 24.6 Å². The van der Waals surface area contributed by atoms with E-state index in [1.807, 2.05) is 24.3 Å². The number of rotatable bonds is 22. The van der Waals surface area contributed by atoms with Crippen molar-refractivity contribution in [1.29, 1.82) is 0 Å². The Labute approximate surface area is 246 Å². The fraction of sp³-hybridized carbons (Fsp3) is 0.462. The molecular weight excluding hydrogens is 572 g/mol. The maximum Gasteiger partial charge on any atom is 0.254 e. The van der Waals surface area contributed by atoms with E-state index < -0.39 is 0 Å². The summed E-state index contributed by atoms with van der Waals surface area (Å²) in [5.74, 6) is 0.977. The van der Waals surface area contributed by atoms with Gasteiger partial charge in [0, 0.05) is 35.9 Å². The Kier molecular flexibility index (Phi) is 14.3. The van der Waals surface area contributed by atoms with Gasteiger partial charge in [-0.2, -0.15) is 8.75 Å². The van der Waals surface area contributed by atoms with Gasteiger partial charge >= 0.3 is 0 Å². The van der Waals surface area contributed by atoms with Crippen molar-refractivity contribution in [1.82, 2.24) is 27.5 Å². The molecule has 4 aromatic rings. The quantitative estimate of drug-likeness (QED) is 0.121. The standard InChI is InChI=1S/C26H32N6O7S2/c1-3-21(19-27-5-1)23-25(31-40-29-23)38-17-15-36-13-11-34-9-7-33-8-10-35-12-14-37-16-18-39-26-24(30-41-32-26)22-4-2-6-28-20-22/h1-6,19-20H,7-18H2. The number of ether oxygens (including phenoxy) is 7. The van der Waals surface area contributed by atoms with Gasteiger partial charge in [-0.3, -0.25) is 9.97 Å². The van der Waals surface area contributed by atoms with Crippen molar-refractivity contribution >= 4 is 23.5 Å². The maximum absolute atomic E-state index is 5.68. The largest absolute Gasteiger partial charge is 0.473 e. The minimum atomic E-state index is 0.374. The van der Waals surface area contributed by atoms with Crippen LogP contribution in [-0.2, 0) is 23.7 Å². The minimum Gasteiger partial charge on any atom is -0.473 e. The fourth-order valence-electron chi connectivity index (χ4n) is 3.28. The Morgan fingerprint density at radius 3 is 1.17 bits per heavy atom. The SMILES string of the molecule is c1cncc(-c2nsnc2OCCOCCOCCOCCOCCOCCOc2nsnc2-c2cccnc2)c1. The summed E-state index contributed by atoms with van der Waals surface area (Å²) in [5, 5.41) is 0. The van der Waals surface area contributed by atoms with Crippen LogP contribution in [0.3, 0.4) is 0 Å². The van der Waals surface area contributed by atoms with Crippen LogP contribution in [0.4, 0.5) is 0 Å². The van der Waals surface area contributed by atoms with Gasteiger partial charge in [-0.25, -0.2) is 0 Å². The van der Waals surface area contributed by atoms with E-state index in [1.165, 1.54) is 0 Å². The molecule has 0 aromatic carbocycles. The predicted molar refractivity (Wildman–Crippen MR) is 151 cm³/mol. The van der Waals surface area contributed by atoms with Crippen LogP contribution >= 0.6 is 23.5 Å². The first-order valence-electron chi connectivity index (χ1n) is 13.0. The number of aromatic nitrogens is 6. The molecule has 0 aliphatic heterocycles. The first-order chi connectivity index (χ1) is 20.4. The molecule has 0 bridgehead atoms. The summed E-state index contributed by atoms with van der Waals surface area (Å²) < 4.78 is 55.8. The zero-order chi connectivity index (χ0) is 28.2. The molecule has 4 aromatic heterocycles. The van der Waals surface area contributed by atoms with Gasteiger partial charge in [0.05, 0.1) is 89.5 Å². The molecule has 15 heteroatoms. The molecule has 0 radical (unpaired) electrons. The van der Waals surface area contributed by atoms with Crippen molar-refractivity contribution < 1.29 is 33.2 Å². The van der Waals surface area contributed by atoms with Gasteiger partial charge in [-0.15, -0.1) is 8.75 Å². The summed E-state index contributed by atoms with van der Waals surface area (Å²) in [6.07, 6.45) is 6.88. The van der Waals surface area contributed by atoms with E-state index in [2.05, 4.69) is 27.5 Å². The fourth-order valence-corrected chi connectivity index (χ4v) is 4.32. The maximum atomic E-state index is 5.68. The lowest BCUT2D eigenvalue weighted by Gasteiger charge is -2.08. The van der Waals surface area contributed by atoms with Crippen LogP contribution in [0.2, 0.25) is 0 Å². The van der Waals surface area contributed by atoms with Crippen LogP contribution in [0, 0.1) is 0 Å². The molecule has 0 saturated carbocycles. The van der Waals surface area contributed by atoms with Crippen LogP contribution in [0.25, 0.3) is 22.5 Å². The van der Waals surface area contributed by atoms with Crippen molar-refractivity contribution in [3.8, 4) is 34.3 Å². The third-order valence-corrected chi connectivity index (χ3v) is 6.23. The molecule has 0 saturated heterocycles. The van der Waals surface area contributed by atoms with Gasteiger partial charge < -0.3 is 33.2 Å². The number of nitrogens with zero attached hydrogens (tertiary/aromatic N) is 6. The summed E-state index contributed by atoms with van der Waals surface area (Å²) in [7, 11) is 0. The Bertz CT molecular complexity index is 1130. The van der Waals surface area contributed by atoms with Gasteiger partial charge in [-0.1, -0.05) is 0 Å². The molecule has 0 N–H and O–H groups in total. The summed E-state index contributed by atoms with van der Waals surface area (Å²) in [6, 6.07) is 7.53. The zero-order valence-corrected chi connectivity index (χ0v) is 24.1. The molecule has 0 amide bonds. The van der Waals surface area contributed by atoms with Crippen molar-refractivity contribution in [2.24, 2.45) is 0 Å². The van der Waals surface area contributed by atoms with E-state index in [1.54, 1.807) is 24.8 Å². The average Bonchev–Trinajstić information content (AvgIpc) is 3.69. The summed E-state index contributed by atoms with van der Waals surface area (Å²) in [5.41, 5.74) is 3.11. The van der Waals surface area contributed by atoms with Gasteiger partial charge in [-0.05, 0) is 24.3 Å². The molecule has 41 heavy (non-hydrogen) atoms. The van der Waals surface area contributed by atoms with E-state index in [4.69, 9.17) is 33.2 Å². The second kappa shape index (κ2) is 19.0. The molecule has 220 valence electrons. The van der Waals surface area contributed by atoms with Gasteiger partial charge in [0.2, 0.25) is 0 Å². The van der Waals surface area contributed by atoms with Crippen molar-refractivity contribution in [2.75, 3.05) is 79.3 Å². The first-order valence-corrected chi connectivity index (χ1v) is 14.5. The Balaban J connectivity index is 0.883. The molecule has 0 fully saturated rings. The lowest BCUT2D eigenvalue weighted by molar-refractivity contribution is -0.0142. The van der Waals surface area contributed by atoms with Crippen LogP contribution in [-0.4, -0.2) is 107 Å². The highest BCUT2D eigenvalue weighted by molar-refractivity contribution is 6.99. The molecule has 0 spiro atoms. The van der Waals surface area contributed by atoms with E-state index in [0.717, 1.165) is 34.6 Å². The molecular formula is C26H32N6O7S2. The molecule has 4 rings (SSSR count). The highest BCUT2D eigenvalue weighted by atomic mass is 32.1. The van der Waals surface area contributed by atoms with E-state index >= 15 is 0 Å². The Morgan fingerprint density at radius 2 is 0.829 bits per heavy atom. The smallest absolute Gasteiger partial charge is 0.254 e. The average molecular weight is 605 g/mol. The molecule has 0 atom stereocenters. The summed E-state index contributed by atoms with van der Waals surface area (Å²) in [4.78, 5) is 8.19. The third kappa shape index (κ3) is 11.3. The van der Waals surface area contributed by atoms with E-state index in [9.17, 15) is 0 Å². The topological polar surface area (TPSA) is 142 Å². The van der Waals surface area contributed by atoms with Crippen LogP contribution < -0.4 is 9.47 Å². The minimum absolute atomic E-state index is 0.374. The predicted octanol–water partition coefficient (Wildman–Crippen LogP) is 3.05. The number of hydrogen-bond donors (Lipinski definition) is 0. The first kappa shape index (κ1) is 30.8. The second-order valence-corrected chi connectivity index (χ2v) is 9.14. The van der Waals surface area contributed by atoms with Crippen molar-refractivity contribution in [2.45, 2.75) is 0 Å². The van der Waals surface area contributed by atoms with Crippen LogP contribution in [0.5, 0.6) is 11.8 Å². The lowest BCUT2D eigenvalue weighted by Crippen LogP contribution is -2.15. The van der Waals surface area contributed by atoms with Crippen LogP contribution in [0.15, 0.2) is 49.1 Å². The second-order valence-electron chi connectivity index (χ2n) is 8.08. The van der Waals surface area contributed by atoms with Crippen molar-refractivity contribution in [3.05, 3.63) is 49.1 Å². The molecule has 0 aliphatic rings. The van der Waals surface area contributed by atoms with Crippen molar-refractivity contribution in [3.63, 3.8) is 0 Å². The summed E-state index contributed by atoms with van der Waals surface area (Å²) >= 11 is 2.21. The zero-order valence-electron chi connectivity index (χ0n) is 22.5. The molecule has 0 aliphatic carbocycles. The van der Waals surface area contributed by atoms with E-state index in [0.29, 0.717) is 102 Å². The highest BCUT2D eigenvalue weighted by Crippen LogP contribution is 2.27.